The zero-order chi connectivity index (χ0) is 10.6. The molecule has 0 radical (unpaired) electrons. The van der Waals surface area contributed by atoms with Gasteiger partial charge in [0.2, 0.25) is 5.91 Å². The number of ketones is 1. The largest absolute Gasteiger partial charge is 0.355 e. The first kappa shape index (κ1) is 11.2. The van der Waals surface area contributed by atoms with Gasteiger partial charge in [-0.3, -0.25) is 14.5 Å². The maximum Gasteiger partial charge on any atom is 0.221 e. The van der Waals surface area contributed by atoms with Crippen LogP contribution >= 0.6 is 0 Å². The summed E-state index contributed by atoms with van der Waals surface area (Å²) in [6.07, 6.45) is 0.505. The van der Waals surface area contributed by atoms with Crippen LogP contribution in [-0.2, 0) is 9.59 Å². The summed E-state index contributed by atoms with van der Waals surface area (Å²) in [4.78, 5) is 24.5. The highest BCUT2D eigenvalue weighted by Crippen LogP contribution is 2.00. The normalized spacial score (nSPS) is 19.2. The van der Waals surface area contributed by atoms with Crippen molar-refractivity contribution in [3.8, 4) is 0 Å². The van der Waals surface area contributed by atoms with Crippen LogP contribution in [0.15, 0.2) is 0 Å². The fraction of sp³-hybridized carbons (Fsp3) is 0.800. The van der Waals surface area contributed by atoms with Crippen LogP contribution < -0.4 is 5.32 Å². The summed E-state index contributed by atoms with van der Waals surface area (Å²) >= 11 is 0. The molecule has 0 bridgehead atoms. The van der Waals surface area contributed by atoms with E-state index in [0.29, 0.717) is 26.1 Å². The van der Waals surface area contributed by atoms with E-state index >= 15 is 0 Å². The van der Waals surface area contributed by atoms with Crippen LogP contribution in [0.1, 0.15) is 20.3 Å². The number of rotatable bonds is 3. The Morgan fingerprint density at radius 1 is 1.50 bits per heavy atom. The van der Waals surface area contributed by atoms with Crippen molar-refractivity contribution in [2.24, 2.45) is 5.92 Å². The molecule has 1 fully saturated rings. The predicted molar refractivity (Wildman–Crippen MR) is 53.9 cm³/mol. The molecule has 4 nitrogen and oxygen atoms in total. The first-order valence-electron chi connectivity index (χ1n) is 5.11. The topological polar surface area (TPSA) is 49.4 Å². The van der Waals surface area contributed by atoms with E-state index in [1.807, 2.05) is 18.7 Å². The lowest BCUT2D eigenvalue weighted by molar-refractivity contribution is -0.123. The molecule has 0 spiro atoms. The second-order valence-corrected chi connectivity index (χ2v) is 4.00. The van der Waals surface area contributed by atoms with E-state index in [2.05, 4.69) is 5.32 Å². The average molecular weight is 198 g/mol. The van der Waals surface area contributed by atoms with Gasteiger partial charge in [-0.1, -0.05) is 13.8 Å². The number of carbonyl (C=O) groups is 2. The second-order valence-electron chi connectivity index (χ2n) is 4.00. The Bertz CT molecular complexity index is 226. The first-order valence-corrected chi connectivity index (χ1v) is 5.11. The minimum atomic E-state index is 0.0851. The Labute approximate surface area is 84.7 Å². The molecule has 0 aromatic carbocycles. The van der Waals surface area contributed by atoms with Crippen molar-refractivity contribution in [3.63, 3.8) is 0 Å². The van der Waals surface area contributed by atoms with E-state index in [4.69, 9.17) is 0 Å². The standard InChI is InChI=1S/C10H18N2O2/c1-8(2)9(13)7-12-5-3-10(14)11-4-6-12/h8H,3-7H2,1-2H3,(H,11,14). The Morgan fingerprint density at radius 2 is 2.21 bits per heavy atom. The smallest absolute Gasteiger partial charge is 0.221 e. The van der Waals surface area contributed by atoms with Crippen molar-refractivity contribution in [2.45, 2.75) is 20.3 Å². The predicted octanol–water partition coefficient (Wildman–Crippen LogP) is 0.0334. The third kappa shape index (κ3) is 3.46. The summed E-state index contributed by atoms with van der Waals surface area (Å²) in [5, 5.41) is 2.79. The van der Waals surface area contributed by atoms with Gasteiger partial charge in [0.15, 0.2) is 0 Å². The van der Waals surface area contributed by atoms with Gasteiger partial charge in [-0.25, -0.2) is 0 Å². The average Bonchev–Trinajstić information content (AvgIpc) is 2.31. The van der Waals surface area contributed by atoms with E-state index in [-0.39, 0.29) is 17.6 Å². The van der Waals surface area contributed by atoms with Crippen LogP contribution in [-0.4, -0.2) is 42.8 Å². The molecular formula is C10H18N2O2. The molecule has 0 atom stereocenters. The lowest BCUT2D eigenvalue weighted by atomic mass is 10.1. The Balaban J connectivity index is 2.37. The van der Waals surface area contributed by atoms with Crippen molar-refractivity contribution in [3.05, 3.63) is 0 Å². The number of nitrogens with zero attached hydrogens (tertiary/aromatic N) is 1. The molecule has 1 aliphatic rings. The van der Waals surface area contributed by atoms with Gasteiger partial charge in [0.05, 0.1) is 6.54 Å². The summed E-state index contributed by atoms with van der Waals surface area (Å²) in [5.74, 6) is 0.422. The number of carbonyl (C=O) groups excluding carboxylic acids is 2. The van der Waals surface area contributed by atoms with Crippen LogP contribution in [0.4, 0.5) is 0 Å². The van der Waals surface area contributed by atoms with Gasteiger partial charge in [0.25, 0.3) is 0 Å². The highest BCUT2D eigenvalue weighted by Gasteiger charge is 2.17. The molecule has 0 aliphatic carbocycles. The maximum atomic E-state index is 11.5. The molecule has 1 aliphatic heterocycles. The molecule has 0 unspecified atom stereocenters. The van der Waals surface area contributed by atoms with E-state index in [1.54, 1.807) is 0 Å². The summed E-state index contributed by atoms with van der Waals surface area (Å²) in [5.41, 5.74) is 0. The van der Waals surface area contributed by atoms with Gasteiger partial charge in [0, 0.05) is 32.0 Å². The van der Waals surface area contributed by atoms with Gasteiger partial charge in [-0.05, 0) is 0 Å². The summed E-state index contributed by atoms with van der Waals surface area (Å²) in [6, 6.07) is 0. The minimum absolute atomic E-state index is 0.0851. The van der Waals surface area contributed by atoms with Gasteiger partial charge in [-0.2, -0.15) is 0 Å². The number of Topliss-reactive ketones (excluding diaryl/α,β-unsaturated/α-hetero) is 1. The quantitative estimate of drug-likeness (QED) is 0.696. The van der Waals surface area contributed by atoms with Crippen molar-refractivity contribution in [1.82, 2.24) is 10.2 Å². The van der Waals surface area contributed by atoms with Crippen molar-refractivity contribution in [2.75, 3.05) is 26.2 Å². The molecule has 1 amide bonds. The van der Waals surface area contributed by atoms with Crippen molar-refractivity contribution in [1.29, 1.82) is 0 Å². The third-order valence-corrected chi connectivity index (χ3v) is 2.43. The molecule has 0 saturated carbocycles. The second kappa shape index (κ2) is 5.10. The van der Waals surface area contributed by atoms with Crippen molar-refractivity contribution < 1.29 is 9.59 Å². The van der Waals surface area contributed by atoms with Gasteiger partial charge >= 0.3 is 0 Å². The first-order chi connectivity index (χ1) is 6.59. The maximum absolute atomic E-state index is 11.5. The molecule has 80 valence electrons. The zero-order valence-electron chi connectivity index (χ0n) is 8.88. The molecule has 0 aromatic heterocycles. The Kier molecular flexibility index (Phi) is 4.07. The van der Waals surface area contributed by atoms with Crippen LogP contribution in [0.5, 0.6) is 0 Å². The van der Waals surface area contributed by atoms with Gasteiger partial charge < -0.3 is 5.32 Å². The molecule has 14 heavy (non-hydrogen) atoms. The highest BCUT2D eigenvalue weighted by molar-refractivity contribution is 5.82. The van der Waals surface area contributed by atoms with Crippen LogP contribution in [0.25, 0.3) is 0 Å². The van der Waals surface area contributed by atoms with E-state index < -0.39 is 0 Å². The number of amides is 1. The van der Waals surface area contributed by atoms with Gasteiger partial charge in [-0.15, -0.1) is 0 Å². The fourth-order valence-electron chi connectivity index (χ4n) is 1.37. The molecule has 1 heterocycles. The SMILES string of the molecule is CC(C)C(=O)CN1CCNC(=O)CC1. The molecule has 1 rings (SSSR count). The fourth-order valence-corrected chi connectivity index (χ4v) is 1.37. The summed E-state index contributed by atoms with van der Waals surface area (Å²) < 4.78 is 0. The Morgan fingerprint density at radius 3 is 2.86 bits per heavy atom. The lowest BCUT2D eigenvalue weighted by Crippen LogP contribution is -2.34. The number of hydrogen-bond acceptors (Lipinski definition) is 3. The van der Waals surface area contributed by atoms with E-state index in [1.165, 1.54) is 0 Å². The molecular weight excluding hydrogens is 180 g/mol. The molecule has 1 saturated heterocycles. The summed E-state index contributed by atoms with van der Waals surface area (Å²) in [6.45, 7) is 6.43. The third-order valence-electron chi connectivity index (χ3n) is 2.43. The molecule has 4 heteroatoms. The molecule has 1 N–H and O–H groups in total. The van der Waals surface area contributed by atoms with E-state index in [0.717, 1.165) is 6.54 Å². The number of hydrogen-bond donors (Lipinski definition) is 1. The monoisotopic (exact) mass is 198 g/mol. The molecule has 0 aromatic rings. The van der Waals surface area contributed by atoms with E-state index in [9.17, 15) is 9.59 Å². The highest BCUT2D eigenvalue weighted by atomic mass is 16.1. The lowest BCUT2D eigenvalue weighted by Gasteiger charge is -2.18. The van der Waals surface area contributed by atoms with Crippen molar-refractivity contribution >= 4 is 11.7 Å². The zero-order valence-corrected chi connectivity index (χ0v) is 8.88. The minimum Gasteiger partial charge on any atom is -0.355 e. The van der Waals surface area contributed by atoms with Crippen LogP contribution in [0.3, 0.4) is 0 Å². The van der Waals surface area contributed by atoms with Gasteiger partial charge in [0.1, 0.15) is 5.78 Å². The van der Waals surface area contributed by atoms with Crippen LogP contribution in [0.2, 0.25) is 0 Å². The Hall–Kier alpha value is -0.900. The summed E-state index contributed by atoms with van der Waals surface area (Å²) in [7, 11) is 0. The van der Waals surface area contributed by atoms with Crippen LogP contribution in [0, 0.1) is 5.92 Å². The number of nitrogens with one attached hydrogen (secondary N) is 1.